The number of benzene rings is 3. The molecule has 0 radical (unpaired) electrons. The predicted octanol–water partition coefficient (Wildman–Crippen LogP) is 3.79. The van der Waals surface area contributed by atoms with E-state index in [9.17, 15) is 13.8 Å². The van der Waals surface area contributed by atoms with Crippen molar-refractivity contribution in [2.24, 2.45) is 0 Å². The van der Waals surface area contributed by atoms with Gasteiger partial charge in [0.15, 0.2) is 5.78 Å². The molecule has 1 aliphatic heterocycles. The Kier molecular flexibility index (Phi) is 8.00. The average Bonchev–Trinajstić information content (AvgIpc) is 2.85. The van der Waals surface area contributed by atoms with Gasteiger partial charge in [-0.15, -0.1) is 0 Å². The molecule has 0 spiro atoms. The van der Waals surface area contributed by atoms with E-state index in [1.54, 1.807) is 24.5 Å². The van der Waals surface area contributed by atoms with Gasteiger partial charge in [-0.2, -0.15) is 0 Å². The molecule has 0 aromatic heterocycles. The molecule has 1 amide bonds. The Bertz CT molecular complexity index is 1170. The van der Waals surface area contributed by atoms with Crippen molar-refractivity contribution in [3.8, 4) is 11.1 Å². The molecule has 3 aromatic carbocycles. The molecule has 6 nitrogen and oxygen atoms in total. The summed E-state index contributed by atoms with van der Waals surface area (Å²) in [4.78, 5) is 28.1. The number of ether oxygens (including phenoxy) is 1. The molecule has 1 fully saturated rings. The molecule has 0 saturated carbocycles. The van der Waals surface area contributed by atoms with Gasteiger partial charge in [-0.25, -0.2) is 0 Å². The van der Waals surface area contributed by atoms with E-state index in [4.69, 9.17) is 4.74 Å². The van der Waals surface area contributed by atoms with Crippen molar-refractivity contribution in [3.63, 3.8) is 0 Å². The highest BCUT2D eigenvalue weighted by molar-refractivity contribution is 7.84. The van der Waals surface area contributed by atoms with Crippen molar-refractivity contribution in [2.45, 2.75) is 11.3 Å². The normalized spacial score (nSPS) is 15.0. The van der Waals surface area contributed by atoms with E-state index >= 15 is 0 Å². The Labute approximate surface area is 202 Å². The minimum Gasteiger partial charge on any atom is -0.379 e. The monoisotopic (exact) mass is 476 g/mol. The third-order valence-electron chi connectivity index (χ3n) is 5.78. The summed E-state index contributed by atoms with van der Waals surface area (Å²) in [5.74, 6) is -0.265. The van der Waals surface area contributed by atoms with Crippen LogP contribution in [-0.2, 0) is 26.8 Å². The van der Waals surface area contributed by atoms with Crippen LogP contribution in [-0.4, -0.2) is 59.9 Å². The van der Waals surface area contributed by atoms with Crippen molar-refractivity contribution in [1.29, 1.82) is 0 Å². The lowest BCUT2D eigenvalue weighted by Crippen LogP contribution is -2.41. The summed E-state index contributed by atoms with van der Waals surface area (Å²) in [6, 6.07) is 23.0. The van der Waals surface area contributed by atoms with Gasteiger partial charge in [-0.05, 0) is 28.8 Å². The Hall–Kier alpha value is -3.13. The van der Waals surface area contributed by atoms with Gasteiger partial charge in [0.25, 0.3) is 0 Å². The standard InChI is InChI=1S/C27H28N2O4S/c1-34(32)26-12-11-23(18-24(26)28-27(31)19-29-13-15-33-16-14-29)25(30)17-20-7-9-22(10-8-20)21-5-3-2-4-6-21/h2-12,18H,13-17,19H2,1H3,(H,28,31). The lowest BCUT2D eigenvalue weighted by Gasteiger charge is -2.26. The number of ketones is 1. The van der Waals surface area contributed by atoms with Crippen LogP contribution in [0.5, 0.6) is 0 Å². The SMILES string of the molecule is CS(=O)c1ccc(C(=O)Cc2ccc(-c3ccccc3)cc2)cc1NC(=O)CN1CCOCC1. The second-order valence-electron chi connectivity index (χ2n) is 8.26. The third-order valence-corrected chi connectivity index (χ3v) is 6.76. The van der Waals surface area contributed by atoms with E-state index in [1.165, 1.54) is 0 Å². The minimum atomic E-state index is -1.30. The van der Waals surface area contributed by atoms with Crippen LogP contribution in [0.2, 0.25) is 0 Å². The number of nitrogens with one attached hydrogen (secondary N) is 1. The summed E-state index contributed by atoms with van der Waals surface area (Å²) >= 11 is 0. The maximum absolute atomic E-state index is 13.0. The summed E-state index contributed by atoms with van der Waals surface area (Å²) < 4.78 is 17.5. The number of morpholine rings is 1. The fourth-order valence-corrected chi connectivity index (χ4v) is 4.62. The maximum atomic E-state index is 13.0. The molecule has 0 aliphatic carbocycles. The zero-order valence-electron chi connectivity index (χ0n) is 19.2. The number of carbonyl (C=O) groups excluding carboxylic acids is 2. The number of amides is 1. The van der Waals surface area contributed by atoms with E-state index in [-0.39, 0.29) is 24.7 Å². The number of carbonyl (C=O) groups is 2. The Morgan fingerprint density at radius 2 is 1.62 bits per heavy atom. The molecule has 1 unspecified atom stereocenters. The Morgan fingerprint density at radius 3 is 2.29 bits per heavy atom. The molecule has 3 aromatic rings. The van der Waals surface area contributed by atoms with Gasteiger partial charge < -0.3 is 10.1 Å². The number of anilines is 1. The van der Waals surface area contributed by atoms with Crippen molar-refractivity contribution in [2.75, 3.05) is 44.4 Å². The van der Waals surface area contributed by atoms with Crippen molar-refractivity contribution in [1.82, 2.24) is 4.90 Å². The fourth-order valence-electron chi connectivity index (χ4n) is 3.94. The second kappa shape index (κ2) is 11.3. The quantitative estimate of drug-likeness (QED) is 0.501. The van der Waals surface area contributed by atoms with Gasteiger partial charge in [0, 0.05) is 31.3 Å². The zero-order chi connectivity index (χ0) is 23.9. The van der Waals surface area contributed by atoms with Gasteiger partial charge in [0.1, 0.15) is 0 Å². The lowest BCUT2D eigenvalue weighted by atomic mass is 9.99. The molecule has 34 heavy (non-hydrogen) atoms. The summed E-state index contributed by atoms with van der Waals surface area (Å²) in [7, 11) is -1.30. The molecule has 7 heteroatoms. The highest BCUT2D eigenvalue weighted by atomic mass is 32.2. The zero-order valence-corrected chi connectivity index (χ0v) is 20.0. The molecule has 1 N–H and O–H groups in total. The van der Waals surface area contributed by atoms with Crippen LogP contribution < -0.4 is 5.32 Å². The van der Waals surface area contributed by atoms with Crippen LogP contribution in [0, 0.1) is 0 Å². The van der Waals surface area contributed by atoms with Crippen LogP contribution in [0.4, 0.5) is 5.69 Å². The number of Topliss-reactive ketones (excluding diaryl/α,β-unsaturated/α-hetero) is 1. The molecular formula is C27H28N2O4S. The number of hydrogen-bond donors (Lipinski definition) is 1. The number of nitrogens with zero attached hydrogens (tertiary/aromatic N) is 1. The largest absolute Gasteiger partial charge is 0.379 e. The summed E-state index contributed by atoms with van der Waals surface area (Å²) in [6.45, 7) is 2.83. The van der Waals surface area contributed by atoms with Gasteiger partial charge >= 0.3 is 0 Å². The predicted molar refractivity (Wildman–Crippen MR) is 135 cm³/mol. The molecule has 176 valence electrons. The number of rotatable bonds is 8. The van der Waals surface area contributed by atoms with E-state index in [0.29, 0.717) is 42.4 Å². The van der Waals surface area contributed by atoms with E-state index in [1.807, 2.05) is 59.5 Å². The molecule has 1 saturated heterocycles. The number of hydrogen-bond acceptors (Lipinski definition) is 5. The van der Waals surface area contributed by atoms with Gasteiger partial charge in [0.05, 0.1) is 41.1 Å². The highest BCUT2D eigenvalue weighted by Crippen LogP contribution is 2.23. The molecule has 1 heterocycles. The molecule has 4 rings (SSSR count). The van der Waals surface area contributed by atoms with Gasteiger partial charge in [0.2, 0.25) is 5.91 Å². The van der Waals surface area contributed by atoms with Crippen LogP contribution in [0.15, 0.2) is 77.7 Å². The topological polar surface area (TPSA) is 75.7 Å². The van der Waals surface area contributed by atoms with Gasteiger partial charge in [-0.1, -0.05) is 60.7 Å². The first-order chi connectivity index (χ1) is 16.5. The van der Waals surface area contributed by atoms with E-state index in [2.05, 4.69) is 5.32 Å². The van der Waals surface area contributed by atoms with Crippen molar-refractivity contribution >= 4 is 28.2 Å². The van der Waals surface area contributed by atoms with Gasteiger partial charge in [-0.3, -0.25) is 18.7 Å². The van der Waals surface area contributed by atoms with Crippen molar-refractivity contribution in [3.05, 3.63) is 83.9 Å². The first-order valence-corrected chi connectivity index (χ1v) is 12.8. The molecular weight excluding hydrogens is 448 g/mol. The molecule has 1 aliphatic rings. The van der Waals surface area contributed by atoms with Crippen LogP contribution in [0.3, 0.4) is 0 Å². The Morgan fingerprint density at radius 1 is 0.941 bits per heavy atom. The van der Waals surface area contributed by atoms with E-state index < -0.39 is 10.8 Å². The third kappa shape index (κ3) is 6.26. The van der Waals surface area contributed by atoms with Crippen LogP contribution >= 0.6 is 0 Å². The van der Waals surface area contributed by atoms with Crippen LogP contribution in [0.25, 0.3) is 11.1 Å². The smallest absolute Gasteiger partial charge is 0.238 e. The minimum absolute atomic E-state index is 0.0652. The maximum Gasteiger partial charge on any atom is 0.238 e. The van der Waals surface area contributed by atoms with Crippen LogP contribution in [0.1, 0.15) is 15.9 Å². The highest BCUT2D eigenvalue weighted by Gasteiger charge is 2.18. The first kappa shape index (κ1) is 24.0. The second-order valence-corrected chi connectivity index (χ2v) is 9.61. The molecule has 0 bridgehead atoms. The lowest BCUT2D eigenvalue weighted by molar-refractivity contribution is -0.118. The first-order valence-electron chi connectivity index (χ1n) is 11.2. The summed E-state index contributed by atoms with van der Waals surface area (Å²) in [6.07, 6.45) is 1.80. The summed E-state index contributed by atoms with van der Waals surface area (Å²) in [5, 5.41) is 2.86. The average molecular weight is 477 g/mol. The fraction of sp³-hybridized carbons (Fsp3) is 0.259. The van der Waals surface area contributed by atoms with E-state index in [0.717, 1.165) is 16.7 Å². The molecule has 1 atom stereocenters. The summed E-state index contributed by atoms with van der Waals surface area (Å²) in [5.41, 5.74) is 4.02. The Balaban J connectivity index is 1.46. The van der Waals surface area contributed by atoms with Crippen molar-refractivity contribution < 1.29 is 18.5 Å².